The first-order valence-corrected chi connectivity index (χ1v) is 10.8. The van der Waals surface area contributed by atoms with Crippen LogP contribution < -0.4 is 16.4 Å². The van der Waals surface area contributed by atoms with Gasteiger partial charge in [0, 0.05) is 52.6 Å². The fraction of sp³-hybridized carbons (Fsp3) is 0.208. The molecule has 1 aliphatic carbocycles. The van der Waals surface area contributed by atoms with E-state index in [1.54, 1.807) is 12.1 Å². The smallest absolute Gasteiger partial charge is 0.253 e. The SMILES string of the molecule is NCc1c(F)cc(C(=O)NC2CC2)cc1-c1ccc(C(=O)NCc2ccc(Cl)cc2F)cn1. The van der Waals surface area contributed by atoms with Crippen molar-refractivity contribution in [2.75, 3.05) is 0 Å². The van der Waals surface area contributed by atoms with E-state index in [1.807, 2.05) is 0 Å². The summed E-state index contributed by atoms with van der Waals surface area (Å²) in [7, 11) is 0. The van der Waals surface area contributed by atoms with Crippen LogP contribution in [0.3, 0.4) is 0 Å². The zero-order valence-corrected chi connectivity index (χ0v) is 18.3. The predicted molar refractivity (Wildman–Crippen MR) is 121 cm³/mol. The molecule has 3 aromatic rings. The van der Waals surface area contributed by atoms with Gasteiger partial charge in [0.05, 0.1) is 11.3 Å². The number of rotatable bonds is 7. The maximum absolute atomic E-state index is 14.6. The second-order valence-electron chi connectivity index (χ2n) is 7.79. The van der Waals surface area contributed by atoms with Gasteiger partial charge >= 0.3 is 0 Å². The van der Waals surface area contributed by atoms with Crippen LogP contribution in [0.1, 0.15) is 44.7 Å². The second-order valence-corrected chi connectivity index (χ2v) is 8.22. The first kappa shape index (κ1) is 22.8. The van der Waals surface area contributed by atoms with E-state index in [9.17, 15) is 18.4 Å². The lowest BCUT2D eigenvalue weighted by molar-refractivity contribution is 0.0942. The summed E-state index contributed by atoms with van der Waals surface area (Å²) in [6, 6.07) is 10.1. The molecule has 1 saturated carbocycles. The Balaban J connectivity index is 1.52. The van der Waals surface area contributed by atoms with Crippen LogP contribution in [-0.4, -0.2) is 22.8 Å². The summed E-state index contributed by atoms with van der Waals surface area (Å²) < 4.78 is 28.5. The predicted octanol–water partition coefficient (Wildman–Crippen LogP) is 3.96. The van der Waals surface area contributed by atoms with Crippen LogP contribution in [0.25, 0.3) is 11.3 Å². The summed E-state index contributed by atoms with van der Waals surface area (Å²) in [5.41, 5.74) is 7.42. The lowest BCUT2D eigenvalue weighted by atomic mass is 9.99. The molecule has 2 amide bonds. The molecule has 0 atom stereocenters. The number of pyridine rings is 1. The van der Waals surface area contributed by atoms with Crippen LogP contribution in [0.15, 0.2) is 48.7 Å². The Morgan fingerprint density at radius 3 is 2.45 bits per heavy atom. The third-order valence-electron chi connectivity index (χ3n) is 5.33. The topological polar surface area (TPSA) is 97.1 Å². The number of hydrogen-bond acceptors (Lipinski definition) is 4. The minimum Gasteiger partial charge on any atom is -0.349 e. The van der Waals surface area contributed by atoms with Crippen LogP contribution in [0.2, 0.25) is 5.02 Å². The van der Waals surface area contributed by atoms with Gasteiger partial charge in [0.2, 0.25) is 0 Å². The van der Waals surface area contributed by atoms with Gasteiger partial charge in [0.25, 0.3) is 11.8 Å². The van der Waals surface area contributed by atoms with Crippen molar-refractivity contribution in [3.8, 4) is 11.3 Å². The largest absolute Gasteiger partial charge is 0.349 e. The first-order chi connectivity index (χ1) is 15.9. The van der Waals surface area contributed by atoms with Crippen LogP contribution in [-0.2, 0) is 13.1 Å². The number of nitrogens with one attached hydrogen (secondary N) is 2. The fourth-order valence-electron chi connectivity index (χ4n) is 3.33. The number of aromatic nitrogens is 1. The number of halogens is 3. The van der Waals surface area contributed by atoms with E-state index in [0.717, 1.165) is 12.8 Å². The Bertz CT molecular complexity index is 1210. The molecule has 0 radical (unpaired) electrons. The third kappa shape index (κ3) is 5.35. The summed E-state index contributed by atoms with van der Waals surface area (Å²) in [4.78, 5) is 29.1. The number of hydrogen-bond donors (Lipinski definition) is 3. The highest BCUT2D eigenvalue weighted by molar-refractivity contribution is 6.30. The van der Waals surface area contributed by atoms with Crippen molar-refractivity contribution in [3.63, 3.8) is 0 Å². The van der Waals surface area contributed by atoms with Gasteiger partial charge in [0.15, 0.2) is 0 Å². The molecule has 33 heavy (non-hydrogen) atoms. The molecule has 0 aliphatic heterocycles. The molecule has 0 spiro atoms. The molecule has 4 N–H and O–H groups in total. The van der Waals surface area contributed by atoms with Gasteiger partial charge < -0.3 is 16.4 Å². The van der Waals surface area contributed by atoms with Crippen LogP contribution >= 0.6 is 11.6 Å². The molecule has 6 nitrogen and oxygen atoms in total. The van der Waals surface area contributed by atoms with Gasteiger partial charge in [-0.3, -0.25) is 14.6 Å². The highest BCUT2D eigenvalue weighted by Gasteiger charge is 2.25. The minimum atomic E-state index is -0.593. The van der Waals surface area contributed by atoms with Crippen LogP contribution in [0.5, 0.6) is 0 Å². The molecule has 170 valence electrons. The van der Waals surface area contributed by atoms with Gasteiger partial charge in [-0.1, -0.05) is 17.7 Å². The van der Waals surface area contributed by atoms with Crippen LogP contribution in [0.4, 0.5) is 8.78 Å². The van der Waals surface area contributed by atoms with Crippen LogP contribution in [0, 0.1) is 11.6 Å². The van der Waals surface area contributed by atoms with E-state index in [-0.39, 0.29) is 46.8 Å². The second kappa shape index (κ2) is 9.64. The van der Waals surface area contributed by atoms with E-state index in [2.05, 4.69) is 15.6 Å². The Labute approximate surface area is 194 Å². The van der Waals surface area contributed by atoms with Crippen molar-refractivity contribution < 1.29 is 18.4 Å². The Hall–Kier alpha value is -3.36. The molecule has 1 fully saturated rings. The number of amides is 2. The lowest BCUT2D eigenvalue weighted by Crippen LogP contribution is -2.25. The first-order valence-electron chi connectivity index (χ1n) is 10.4. The Morgan fingerprint density at radius 1 is 1.03 bits per heavy atom. The molecule has 0 bridgehead atoms. The number of benzene rings is 2. The van der Waals surface area contributed by atoms with Gasteiger partial charge in [-0.05, 0) is 49.2 Å². The Morgan fingerprint density at radius 2 is 1.82 bits per heavy atom. The van der Waals surface area contributed by atoms with Gasteiger partial charge in [0.1, 0.15) is 11.6 Å². The molecule has 1 heterocycles. The van der Waals surface area contributed by atoms with Gasteiger partial charge in [-0.15, -0.1) is 0 Å². The molecule has 1 aromatic heterocycles. The van der Waals surface area contributed by atoms with Gasteiger partial charge in [-0.2, -0.15) is 0 Å². The molecule has 0 unspecified atom stereocenters. The number of nitrogens with zero attached hydrogens (tertiary/aromatic N) is 1. The lowest BCUT2D eigenvalue weighted by Gasteiger charge is -2.12. The van der Waals surface area contributed by atoms with E-state index in [1.165, 1.54) is 36.5 Å². The summed E-state index contributed by atoms with van der Waals surface area (Å²) in [6.07, 6.45) is 3.16. The quantitative estimate of drug-likeness (QED) is 0.487. The molecule has 1 aliphatic rings. The molecule has 2 aromatic carbocycles. The minimum absolute atomic E-state index is 0.0235. The highest BCUT2D eigenvalue weighted by Crippen LogP contribution is 2.27. The van der Waals surface area contributed by atoms with E-state index < -0.39 is 17.5 Å². The van der Waals surface area contributed by atoms with Crippen molar-refractivity contribution in [3.05, 3.63) is 87.6 Å². The van der Waals surface area contributed by atoms with Crippen molar-refractivity contribution >= 4 is 23.4 Å². The van der Waals surface area contributed by atoms with Crippen molar-refractivity contribution in [2.24, 2.45) is 5.73 Å². The molecular weight excluding hydrogens is 450 g/mol. The molecule has 0 saturated heterocycles. The zero-order chi connectivity index (χ0) is 23.5. The standard InChI is InChI=1S/C24H21ClF2N4O2/c25-16-3-1-13(20(26)9-16)11-30-23(32)14-2-6-22(29-12-14)18-7-15(8-21(27)19(18)10-28)24(33)31-17-4-5-17/h1-3,6-9,12,17H,4-5,10-11,28H2,(H,30,32)(H,31,33). The van der Waals surface area contributed by atoms with E-state index in [4.69, 9.17) is 17.3 Å². The zero-order valence-electron chi connectivity index (χ0n) is 17.5. The number of carbonyl (C=O) groups is 2. The number of carbonyl (C=O) groups excluding carboxylic acids is 2. The molecular formula is C24H21ClF2N4O2. The summed E-state index contributed by atoms with van der Waals surface area (Å²) in [5, 5.41) is 5.72. The Kier molecular flexibility index (Phi) is 6.67. The van der Waals surface area contributed by atoms with Gasteiger partial charge in [-0.25, -0.2) is 8.78 Å². The summed E-state index contributed by atoms with van der Waals surface area (Å²) in [6.45, 7) is -0.105. The van der Waals surface area contributed by atoms with Crippen molar-refractivity contribution in [2.45, 2.75) is 32.0 Å². The summed E-state index contributed by atoms with van der Waals surface area (Å²) in [5.74, 6) is -1.92. The molecule has 9 heteroatoms. The fourth-order valence-corrected chi connectivity index (χ4v) is 3.49. The normalized spacial score (nSPS) is 13.0. The average molecular weight is 471 g/mol. The maximum atomic E-state index is 14.6. The van der Waals surface area contributed by atoms with E-state index in [0.29, 0.717) is 16.8 Å². The van der Waals surface area contributed by atoms with E-state index >= 15 is 0 Å². The number of nitrogens with two attached hydrogens (primary N) is 1. The maximum Gasteiger partial charge on any atom is 0.253 e. The monoisotopic (exact) mass is 470 g/mol. The third-order valence-corrected chi connectivity index (χ3v) is 5.57. The molecule has 4 rings (SSSR count). The van der Waals surface area contributed by atoms with Crippen molar-refractivity contribution in [1.29, 1.82) is 0 Å². The summed E-state index contributed by atoms with van der Waals surface area (Å²) >= 11 is 5.73. The highest BCUT2D eigenvalue weighted by atomic mass is 35.5. The van der Waals surface area contributed by atoms with Crippen molar-refractivity contribution in [1.82, 2.24) is 15.6 Å². The average Bonchev–Trinajstić information content (AvgIpc) is 3.62.